The van der Waals surface area contributed by atoms with E-state index in [0.29, 0.717) is 0 Å². The van der Waals surface area contributed by atoms with Gasteiger partial charge in [0.1, 0.15) is 0 Å². The highest BCUT2D eigenvalue weighted by molar-refractivity contribution is 6.13. The van der Waals surface area contributed by atoms with E-state index < -0.39 is 0 Å². The fourth-order valence-electron chi connectivity index (χ4n) is 6.31. The number of pyridine rings is 1. The molecule has 3 heteroatoms. The van der Waals surface area contributed by atoms with E-state index in [-0.39, 0.29) is 0 Å². The summed E-state index contributed by atoms with van der Waals surface area (Å²) in [7, 11) is 0. The molecule has 0 fully saturated rings. The predicted octanol–water partition coefficient (Wildman–Crippen LogP) is 9.86. The van der Waals surface area contributed by atoms with Crippen LogP contribution in [-0.4, -0.2) is 18.2 Å². The van der Waals surface area contributed by atoms with Gasteiger partial charge in [0.05, 0.1) is 16.7 Å². The molecule has 1 aromatic heterocycles. The van der Waals surface area contributed by atoms with Crippen molar-refractivity contribution in [3.63, 3.8) is 0 Å². The number of aliphatic imine (C=N–C) groups is 1. The molecule has 0 amide bonds. The number of aromatic nitrogens is 1. The van der Waals surface area contributed by atoms with Gasteiger partial charge in [0.25, 0.3) is 0 Å². The lowest BCUT2D eigenvalue weighted by molar-refractivity contribution is 0.869. The molecule has 0 atom stereocenters. The largest absolute Gasteiger partial charge is 0.361 e. The average molecular weight is 542 g/mol. The van der Waals surface area contributed by atoms with E-state index in [2.05, 4.69) is 145 Å². The highest BCUT2D eigenvalue weighted by Gasteiger charge is 2.22. The fraction of sp³-hybridized carbons (Fsp3) is 0.0769. The summed E-state index contributed by atoms with van der Waals surface area (Å²) >= 11 is 0. The molecule has 2 heterocycles. The fourth-order valence-corrected chi connectivity index (χ4v) is 6.31. The lowest BCUT2D eigenvalue weighted by Gasteiger charge is -2.30. The van der Waals surface area contributed by atoms with Crippen molar-refractivity contribution >= 4 is 56.6 Å². The molecule has 0 bridgehead atoms. The Kier molecular flexibility index (Phi) is 6.69. The molecule has 42 heavy (non-hydrogen) atoms. The number of anilines is 1. The maximum Gasteiger partial charge on any atom is 0.0955 e. The Labute approximate surface area is 246 Å². The summed E-state index contributed by atoms with van der Waals surface area (Å²) in [5.74, 6) is 0. The Morgan fingerprint density at radius 2 is 1.60 bits per heavy atom. The highest BCUT2D eigenvalue weighted by atomic mass is 15.1. The first-order valence-electron chi connectivity index (χ1n) is 14.4. The van der Waals surface area contributed by atoms with Crippen molar-refractivity contribution in [1.29, 1.82) is 0 Å². The third-order valence-electron chi connectivity index (χ3n) is 8.22. The van der Waals surface area contributed by atoms with E-state index in [4.69, 9.17) is 4.98 Å². The number of para-hydroxylation sites is 1. The SMILES string of the molecule is C=N/C=C\C(=C/C)c1ccc(CN2CC=Cc3ccc4c(-c5ccccc5)c5ccccc5nc4c32)c2ccccc12. The van der Waals surface area contributed by atoms with Crippen molar-refractivity contribution in [2.75, 3.05) is 11.4 Å². The zero-order chi connectivity index (χ0) is 28.5. The molecular weight excluding hydrogens is 510 g/mol. The maximum atomic E-state index is 5.30. The zero-order valence-corrected chi connectivity index (χ0v) is 23.7. The van der Waals surface area contributed by atoms with Gasteiger partial charge in [-0.1, -0.05) is 115 Å². The molecule has 5 aromatic carbocycles. The first-order valence-corrected chi connectivity index (χ1v) is 14.4. The van der Waals surface area contributed by atoms with Crippen LogP contribution in [0.25, 0.3) is 55.4 Å². The van der Waals surface area contributed by atoms with Crippen molar-refractivity contribution in [1.82, 2.24) is 4.98 Å². The molecule has 3 nitrogen and oxygen atoms in total. The van der Waals surface area contributed by atoms with Gasteiger partial charge in [0.2, 0.25) is 0 Å². The minimum Gasteiger partial charge on any atom is -0.361 e. The zero-order valence-electron chi connectivity index (χ0n) is 23.7. The van der Waals surface area contributed by atoms with Gasteiger partial charge in [-0.25, -0.2) is 4.98 Å². The molecule has 0 unspecified atom stereocenters. The van der Waals surface area contributed by atoms with Gasteiger partial charge in [0.15, 0.2) is 0 Å². The van der Waals surface area contributed by atoms with Crippen LogP contribution in [0.2, 0.25) is 0 Å². The minimum atomic E-state index is 0.779. The summed E-state index contributed by atoms with van der Waals surface area (Å²) in [4.78, 5) is 11.7. The second-order valence-electron chi connectivity index (χ2n) is 10.6. The molecule has 0 radical (unpaired) electrons. The van der Waals surface area contributed by atoms with Gasteiger partial charge in [-0.3, -0.25) is 4.99 Å². The standard InChI is InChI=1S/C39H31N3/c1-3-27(23-24-40-2)32-21-20-30(31-15-7-8-16-33(31)32)26-42-25-11-14-29-19-22-35-37(28-12-5-4-6-13-28)34-17-9-10-18-36(34)41-38(35)39(29)42/h3-24H,2,25-26H2,1H3/b24-23-,27-3+. The Morgan fingerprint density at radius 3 is 2.40 bits per heavy atom. The molecule has 0 saturated carbocycles. The van der Waals surface area contributed by atoms with E-state index in [1.54, 1.807) is 6.20 Å². The lowest BCUT2D eigenvalue weighted by atomic mass is 9.92. The van der Waals surface area contributed by atoms with Crippen molar-refractivity contribution in [3.8, 4) is 11.1 Å². The van der Waals surface area contributed by atoms with E-state index in [0.717, 1.165) is 29.7 Å². The minimum absolute atomic E-state index is 0.779. The highest BCUT2D eigenvalue weighted by Crippen LogP contribution is 2.42. The van der Waals surface area contributed by atoms with E-state index in [1.165, 1.54) is 55.0 Å². The van der Waals surface area contributed by atoms with Crippen molar-refractivity contribution < 1.29 is 0 Å². The molecule has 0 aliphatic carbocycles. The molecule has 202 valence electrons. The number of fused-ring (bicyclic) bond motifs is 5. The van der Waals surface area contributed by atoms with Crippen molar-refractivity contribution in [2.24, 2.45) is 4.99 Å². The molecule has 0 N–H and O–H groups in total. The number of rotatable bonds is 6. The van der Waals surface area contributed by atoms with Gasteiger partial charge in [-0.15, -0.1) is 0 Å². The number of benzene rings is 5. The Morgan fingerprint density at radius 1 is 0.833 bits per heavy atom. The molecule has 1 aliphatic rings. The van der Waals surface area contributed by atoms with Gasteiger partial charge >= 0.3 is 0 Å². The van der Waals surface area contributed by atoms with Crippen molar-refractivity contribution in [3.05, 3.63) is 144 Å². The van der Waals surface area contributed by atoms with Crippen LogP contribution in [0.1, 0.15) is 23.6 Å². The first-order chi connectivity index (χ1) is 20.8. The van der Waals surface area contributed by atoms with Gasteiger partial charge in [-0.05, 0) is 64.4 Å². The average Bonchev–Trinajstić information content (AvgIpc) is 3.05. The molecule has 0 spiro atoms. The maximum absolute atomic E-state index is 5.30. The molecule has 1 aliphatic heterocycles. The van der Waals surface area contributed by atoms with Crippen LogP contribution in [0, 0.1) is 0 Å². The normalized spacial score (nSPS) is 13.4. The van der Waals surface area contributed by atoms with E-state index in [1.807, 2.05) is 6.08 Å². The smallest absolute Gasteiger partial charge is 0.0955 e. The van der Waals surface area contributed by atoms with Crippen LogP contribution in [0.5, 0.6) is 0 Å². The van der Waals surface area contributed by atoms with Crippen LogP contribution in [0.3, 0.4) is 0 Å². The summed E-state index contributed by atoms with van der Waals surface area (Å²) in [5, 5.41) is 4.85. The quantitative estimate of drug-likeness (QED) is 0.119. The van der Waals surface area contributed by atoms with Gasteiger partial charge in [-0.2, -0.15) is 0 Å². The molecular formula is C39H31N3. The molecule has 7 rings (SSSR count). The van der Waals surface area contributed by atoms with Crippen LogP contribution in [0.15, 0.2) is 133 Å². The van der Waals surface area contributed by atoms with E-state index in [9.17, 15) is 0 Å². The second-order valence-corrected chi connectivity index (χ2v) is 10.6. The summed E-state index contributed by atoms with van der Waals surface area (Å²) in [6.07, 6.45) is 10.4. The third kappa shape index (κ3) is 4.40. The first kappa shape index (κ1) is 25.7. The van der Waals surface area contributed by atoms with Crippen molar-refractivity contribution in [2.45, 2.75) is 13.5 Å². The van der Waals surface area contributed by atoms with Crippen LogP contribution in [0.4, 0.5) is 5.69 Å². The topological polar surface area (TPSA) is 28.5 Å². The van der Waals surface area contributed by atoms with Crippen LogP contribution in [-0.2, 0) is 6.54 Å². The number of nitrogens with zero attached hydrogens (tertiary/aromatic N) is 3. The Hall–Kier alpha value is -5.28. The lowest BCUT2D eigenvalue weighted by Crippen LogP contribution is -2.26. The van der Waals surface area contributed by atoms with Gasteiger partial charge < -0.3 is 4.90 Å². The number of allylic oxidation sites excluding steroid dienone is 3. The van der Waals surface area contributed by atoms with Crippen LogP contribution >= 0.6 is 0 Å². The summed E-state index contributed by atoms with van der Waals surface area (Å²) < 4.78 is 0. The summed E-state index contributed by atoms with van der Waals surface area (Å²) in [5.41, 5.74) is 10.5. The monoisotopic (exact) mass is 541 g/mol. The van der Waals surface area contributed by atoms with Gasteiger partial charge in [0, 0.05) is 35.6 Å². The number of hydrogen-bond acceptors (Lipinski definition) is 3. The molecule has 6 aromatic rings. The Balaban J connectivity index is 1.41. The van der Waals surface area contributed by atoms with E-state index >= 15 is 0 Å². The second kappa shape index (κ2) is 10.9. The number of hydrogen-bond donors (Lipinski definition) is 0. The summed E-state index contributed by atoms with van der Waals surface area (Å²) in [6, 6.07) is 36.9. The Bertz CT molecular complexity index is 2070. The van der Waals surface area contributed by atoms with Crippen LogP contribution < -0.4 is 4.90 Å². The predicted molar refractivity (Wildman–Crippen MR) is 181 cm³/mol. The summed E-state index contributed by atoms with van der Waals surface area (Å²) in [6.45, 7) is 7.27. The third-order valence-corrected chi connectivity index (χ3v) is 8.22. The molecule has 0 saturated heterocycles.